The summed E-state index contributed by atoms with van der Waals surface area (Å²) in [6, 6.07) is 0. The molecule has 1 fully saturated rings. The summed E-state index contributed by atoms with van der Waals surface area (Å²) < 4.78 is 0. The monoisotopic (exact) mass is 208 g/mol. The Kier molecular flexibility index (Phi) is 3.20. The molecule has 3 unspecified atom stereocenters. The lowest BCUT2D eigenvalue weighted by molar-refractivity contribution is -0.0245. The minimum atomic E-state index is -0.0523. The van der Waals surface area contributed by atoms with E-state index >= 15 is 0 Å². The lowest BCUT2D eigenvalue weighted by atomic mass is 9.60. The summed E-state index contributed by atoms with van der Waals surface area (Å²) in [4.78, 5) is 0. The third-order valence-corrected chi connectivity index (χ3v) is 4.74. The zero-order chi connectivity index (χ0) is 11.0. The van der Waals surface area contributed by atoms with Crippen LogP contribution in [0.15, 0.2) is 12.2 Å². The molecular weight excluding hydrogens is 184 g/mol. The molecule has 1 saturated carbocycles. The molecule has 0 amide bonds. The summed E-state index contributed by atoms with van der Waals surface area (Å²) >= 11 is 0. The van der Waals surface area contributed by atoms with E-state index in [1.165, 1.54) is 12.8 Å². The van der Waals surface area contributed by atoms with Gasteiger partial charge in [0.15, 0.2) is 0 Å². The van der Waals surface area contributed by atoms with Gasteiger partial charge in [0.25, 0.3) is 0 Å². The molecule has 0 saturated heterocycles. The molecule has 6 atom stereocenters. The predicted octanol–water partition coefficient (Wildman–Crippen LogP) is 3.24. The van der Waals surface area contributed by atoms with Gasteiger partial charge in [0.05, 0.1) is 6.10 Å². The molecule has 2 aliphatic carbocycles. The van der Waals surface area contributed by atoms with Crippen molar-refractivity contribution in [1.82, 2.24) is 0 Å². The first-order valence-electron chi connectivity index (χ1n) is 6.51. The van der Waals surface area contributed by atoms with Crippen LogP contribution in [0.3, 0.4) is 0 Å². The highest BCUT2D eigenvalue weighted by Crippen LogP contribution is 2.46. The molecule has 0 aromatic heterocycles. The lowest BCUT2D eigenvalue weighted by Gasteiger charge is -2.46. The maximum atomic E-state index is 10.2. The van der Waals surface area contributed by atoms with E-state index in [-0.39, 0.29) is 6.10 Å². The van der Waals surface area contributed by atoms with Crippen molar-refractivity contribution >= 4 is 0 Å². The Bertz CT molecular complexity index is 246. The van der Waals surface area contributed by atoms with Crippen LogP contribution in [0.1, 0.15) is 40.0 Å². The van der Waals surface area contributed by atoms with Gasteiger partial charge >= 0.3 is 0 Å². The Morgan fingerprint density at radius 1 is 1.20 bits per heavy atom. The Hall–Kier alpha value is -0.300. The van der Waals surface area contributed by atoms with Crippen molar-refractivity contribution in [3.05, 3.63) is 12.2 Å². The van der Waals surface area contributed by atoms with Gasteiger partial charge in [-0.3, -0.25) is 0 Å². The number of aliphatic hydroxyl groups excluding tert-OH is 1. The van der Waals surface area contributed by atoms with Gasteiger partial charge in [0, 0.05) is 0 Å². The molecule has 0 aromatic rings. The van der Waals surface area contributed by atoms with Crippen LogP contribution in [0.25, 0.3) is 0 Å². The molecule has 86 valence electrons. The van der Waals surface area contributed by atoms with Crippen molar-refractivity contribution in [2.45, 2.75) is 46.1 Å². The molecule has 15 heavy (non-hydrogen) atoms. The fourth-order valence-corrected chi connectivity index (χ4v) is 3.78. The fourth-order valence-electron chi connectivity index (χ4n) is 3.78. The van der Waals surface area contributed by atoms with Crippen molar-refractivity contribution < 1.29 is 5.11 Å². The summed E-state index contributed by atoms with van der Waals surface area (Å²) in [6.07, 6.45) is 8.12. The van der Waals surface area contributed by atoms with Gasteiger partial charge < -0.3 is 5.11 Å². The van der Waals surface area contributed by atoms with E-state index in [4.69, 9.17) is 0 Å². The van der Waals surface area contributed by atoms with Gasteiger partial charge in [-0.25, -0.2) is 0 Å². The van der Waals surface area contributed by atoms with Gasteiger partial charge in [0.2, 0.25) is 0 Å². The molecular formula is C14H24O. The summed E-state index contributed by atoms with van der Waals surface area (Å²) in [7, 11) is 0. The second-order valence-electron chi connectivity index (χ2n) is 5.59. The Labute approximate surface area is 93.6 Å². The smallest absolute Gasteiger partial charge is 0.0577 e. The van der Waals surface area contributed by atoms with Crippen LogP contribution in [0.2, 0.25) is 0 Å². The van der Waals surface area contributed by atoms with Crippen molar-refractivity contribution in [3.8, 4) is 0 Å². The Morgan fingerprint density at radius 2 is 1.93 bits per heavy atom. The minimum Gasteiger partial charge on any atom is -0.393 e. The molecule has 0 aliphatic heterocycles. The minimum absolute atomic E-state index is 0.0523. The van der Waals surface area contributed by atoms with Crippen molar-refractivity contribution in [3.63, 3.8) is 0 Å². The summed E-state index contributed by atoms with van der Waals surface area (Å²) in [5.41, 5.74) is 0. The van der Waals surface area contributed by atoms with E-state index in [0.29, 0.717) is 23.7 Å². The van der Waals surface area contributed by atoms with Crippen LogP contribution < -0.4 is 0 Å². The average Bonchev–Trinajstić information content (AvgIpc) is 2.23. The molecule has 0 radical (unpaired) electrons. The molecule has 2 aliphatic rings. The van der Waals surface area contributed by atoms with Crippen molar-refractivity contribution in [2.24, 2.45) is 29.6 Å². The van der Waals surface area contributed by atoms with Gasteiger partial charge in [0.1, 0.15) is 0 Å². The average molecular weight is 208 g/mol. The number of hydrogen-bond donors (Lipinski definition) is 1. The van der Waals surface area contributed by atoms with E-state index < -0.39 is 0 Å². The van der Waals surface area contributed by atoms with E-state index in [9.17, 15) is 5.11 Å². The highest BCUT2D eigenvalue weighted by atomic mass is 16.3. The first kappa shape index (κ1) is 11.2. The predicted molar refractivity (Wildman–Crippen MR) is 63.5 cm³/mol. The summed E-state index contributed by atoms with van der Waals surface area (Å²) in [6.45, 7) is 6.91. The third-order valence-electron chi connectivity index (χ3n) is 4.74. The van der Waals surface area contributed by atoms with Crippen LogP contribution in [-0.4, -0.2) is 11.2 Å². The standard InChI is InChI=1S/C14H24O/c1-4-11-9(2)5-7-12-10(3)6-8-13(15)14(11)12/h5,7,9-15H,4,6,8H2,1-3H3/t9?,10?,11-,12?,13-,14+/m0/s1. The van der Waals surface area contributed by atoms with E-state index in [0.717, 1.165) is 12.3 Å². The molecule has 1 N–H and O–H groups in total. The van der Waals surface area contributed by atoms with E-state index in [1.54, 1.807) is 0 Å². The number of fused-ring (bicyclic) bond motifs is 1. The zero-order valence-corrected chi connectivity index (χ0v) is 10.2. The summed E-state index contributed by atoms with van der Waals surface area (Å²) in [5.74, 6) is 3.26. The van der Waals surface area contributed by atoms with E-state index in [2.05, 4.69) is 32.9 Å². The van der Waals surface area contributed by atoms with Crippen LogP contribution in [0.4, 0.5) is 0 Å². The van der Waals surface area contributed by atoms with Crippen molar-refractivity contribution in [1.29, 1.82) is 0 Å². The Balaban J connectivity index is 2.25. The van der Waals surface area contributed by atoms with Gasteiger partial charge in [-0.15, -0.1) is 0 Å². The molecule has 1 nitrogen and oxygen atoms in total. The molecule has 0 aromatic carbocycles. The number of allylic oxidation sites excluding steroid dienone is 2. The highest BCUT2D eigenvalue weighted by Gasteiger charge is 2.42. The van der Waals surface area contributed by atoms with Crippen LogP contribution >= 0.6 is 0 Å². The van der Waals surface area contributed by atoms with Crippen LogP contribution in [0, 0.1) is 29.6 Å². The molecule has 1 heteroatoms. The van der Waals surface area contributed by atoms with Gasteiger partial charge in [-0.2, -0.15) is 0 Å². The number of rotatable bonds is 1. The summed E-state index contributed by atoms with van der Waals surface area (Å²) in [5, 5.41) is 10.2. The molecule has 0 heterocycles. The van der Waals surface area contributed by atoms with E-state index in [1.807, 2.05) is 0 Å². The third kappa shape index (κ3) is 1.87. The highest BCUT2D eigenvalue weighted by molar-refractivity contribution is 5.08. The number of aliphatic hydroxyl groups is 1. The topological polar surface area (TPSA) is 20.2 Å². The molecule has 2 rings (SSSR count). The second-order valence-corrected chi connectivity index (χ2v) is 5.59. The normalized spacial score (nSPS) is 50.1. The van der Waals surface area contributed by atoms with Gasteiger partial charge in [-0.1, -0.05) is 39.3 Å². The maximum absolute atomic E-state index is 10.2. The largest absolute Gasteiger partial charge is 0.393 e. The zero-order valence-electron chi connectivity index (χ0n) is 10.2. The second kappa shape index (κ2) is 4.29. The molecule has 0 bridgehead atoms. The van der Waals surface area contributed by atoms with Crippen LogP contribution in [-0.2, 0) is 0 Å². The molecule has 0 spiro atoms. The lowest BCUT2D eigenvalue weighted by Crippen LogP contribution is -2.44. The van der Waals surface area contributed by atoms with Crippen molar-refractivity contribution in [2.75, 3.05) is 0 Å². The van der Waals surface area contributed by atoms with Crippen LogP contribution in [0.5, 0.6) is 0 Å². The first-order chi connectivity index (χ1) is 7.15. The SMILES string of the molecule is CC[C@H]1C(C)C=CC2C(C)CC[C@H](O)[C@@H]21. The first-order valence-corrected chi connectivity index (χ1v) is 6.51. The van der Waals surface area contributed by atoms with Gasteiger partial charge in [-0.05, 0) is 42.4 Å². The quantitative estimate of drug-likeness (QED) is 0.656. The fraction of sp³-hybridized carbons (Fsp3) is 0.857. The number of hydrogen-bond acceptors (Lipinski definition) is 1. The maximum Gasteiger partial charge on any atom is 0.0577 e. The Morgan fingerprint density at radius 3 is 2.60 bits per heavy atom.